The van der Waals surface area contributed by atoms with Gasteiger partial charge in [-0.05, 0) is 31.0 Å². The maximum Gasteiger partial charge on any atom is 0.0571 e. The van der Waals surface area contributed by atoms with E-state index in [0.29, 0.717) is 5.04 Å². The molecule has 0 fully saturated rings. The lowest BCUT2D eigenvalue weighted by Crippen LogP contribution is -2.22. The van der Waals surface area contributed by atoms with Crippen LogP contribution in [0.2, 0.25) is 5.04 Å². The van der Waals surface area contributed by atoms with Crippen molar-refractivity contribution in [2.75, 3.05) is 13.1 Å². The van der Waals surface area contributed by atoms with Crippen molar-refractivity contribution in [1.29, 1.82) is 0 Å². The molecule has 0 saturated heterocycles. The third-order valence-electron chi connectivity index (χ3n) is 2.64. The van der Waals surface area contributed by atoms with E-state index in [1.165, 1.54) is 0 Å². The van der Waals surface area contributed by atoms with Gasteiger partial charge in [0.2, 0.25) is 0 Å². The molecular weight excluding hydrogens is 198 g/mol. The molecule has 15 heavy (non-hydrogen) atoms. The van der Waals surface area contributed by atoms with Crippen molar-refractivity contribution >= 4 is 9.52 Å². The zero-order chi connectivity index (χ0) is 12.1. The van der Waals surface area contributed by atoms with Crippen LogP contribution >= 0.6 is 0 Å². The summed E-state index contributed by atoms with van der Waals surface area (Å²) in [5.74, 6) is 0.719. The minimum atomic E-state index is -0.126. The number of rotatable bonds is 5. The molecule has 0 heterocycles. The van der Waals surface area contributed by atoms with Crippen LogP contribution in [0.25, 0.3) is 0 Å². The third-order valence-corrected chi connectivity index (χ3v) is 5.10. The van der Waals surface area contributed by atoms with Crippen LogP contribution in [0.15, 0.2) is 11.4 Å². The van der Waals surface area contributed by atoms with E-state index in [2.05, 4.69) is 59.6 Å². The predicted octanol–water partition coefficient (Wildman–Crippen LogP) is 3.21. The molecule has 1 nitrogen and oxygen atoms in total. The van der Waals surface area contributed by atoms with E-state index in [1.54, 1.807) is 5.20 Å². The van der Waals surface area contributed by atoms with Gasteiger partial charge in [0.05, 0.1) is 9.52 Å². The van der Waals surface area contributed by atoms with Crippen molar-refractivity contribution in [1.82, 2.24) is 4.90 Å². The van der Waals surface area contributed by atoms with Gasteiger partial charge in [0.15, 0.2) is 0 Å². The quantitative estimate of drug-likeness (QED) is 0.652. The Morgan fingerprint density at radius 3 is 1.93 bits per heavy atom. The van der Waals surface area contributed by atoms with Gasteiger partial charge in [-0.25, -0.2) is 0 Å². The lowest BCUT2D eigenvalue weighted by atomic mass is 10.2. The number of allylic oxidation sites excluding steroid dienone is 1. The van der Waals surface area contributed by atoms with Crippen LogP contribution in [-0.4, -0.2) is 27.5 Å². The predicted molar refractivity (Wildman–Crippen MR) is 74.1 cm³/mol. The highest BCUT2D eigenvalue weighted by Crippen LogP contribution is 2.26. The Morgan fingerprint density at radius 1 is 1.20 bits per heavy atom. The van der Waals surface area contributed by atoms with Gasteiger partial charge >= 0.3 is 0 Å². The lowest BCUT2D eigenvalue weighted by molar-refractivity contribution is 0.414. The molecule has 0 amide bonds. The Kier molecular flexibility index (Phi) is 6.26. The van der Waals surface area contributed by atoms with Gasteiger partial charge in [-0.2, -0.15) is 0 Å². The van der Waals surface area contributed by atoms with Crippen LogP contribution in [0.3, 0.4) is 0 Å². The molecule has 0 aliphatic rings. The summed E-state index contributed by atoms with van der Waals surface area (Å²) in [7, 11) is -0.126. The maximum atomic E-state index is 2.43. The van der Waals surface area contributed by atoms with E-state index in [0.717, 1.165) is 19.0 Å². The monoisotopic (exact) mass is 227 g/mol. The molecule has 0 bridgehead atoms. The highest BCUT2D eigenvalue weighted by atomic mass is 28.2. The van der Waals surface area contributed by atoms with E-state index in [-0.39, 0.29) is 9.52 Å². The molecule has 0 rings (SSSR count). The van der Waals surface area contributed by atoms with Gasteiger partial charge < -0.3 is 4.90 Å². The van der Waals surface area contributed by atoms with Gasteiger partial charge in [-0.3, -0.25) is 0 Å². The van der Waals surface area contributed by atoms with E-state index in [9.17, 15) is 0 Å². The van der Waals surface area contributed by atoms with Crippen molar-refractivity contribution < 1.29 is 0 Å². The average Bonchev–Trinajstić information content (AvgIpc) is 2.09. The molecule has 0 radical (unpaired) electrons. The molecule has 0 spiro atoms. The normalized spacial score (nSPS) is 14.3. The first-order valence-corrected chi connectivity index (χ1v) is 7.66. The van der Waals surface area contributed by atoms with E-state index >= 15 is 0 Å². The highest BCUT2D eigenvalue weighted by molar-refractivity contribution is 6.48. The SMILES string of the molecule is CCN(C=C([SiH2]C(C)(C)C)C(C)C)CC. The Balaban J connectivity index is 4.65. The molecular formula is C13H29NSi. The second-order valence-corrected chi connectivity index (χ2v) is 9.11. The van der Waals surface area contributed by atoms with Gasteiger partial charge in [0.1, 0.15) is 0 Å². The zero-order valence-electron chi connectivity index (χ0n) is 11.7. The number of hydrogen-bond acceptors (Lipinski definition) is 1. The summed E-state index contributed by atoms with van der Waals surface area (Å²) < 4.78 is 0. The van der Waals surface area contributed by atoms with E-state index in [4.69, 9.17) is 0 Å². The van der Waals surface area contributed by atoms with Crippen LogP contribution in [-0.2, 0) is 0 Å². The lowest BCUT2D eigenvalue weighted by Gasteiger charge is -2.25. The van der Waals surface area contributed by atoms with Gasteiger partial charge in [-0.15, -0.1) is 0 Å². The molecule has 0 aliphatic heterocycles. The largest absolute Gasteiger partial charge is 0.378 e. The standard InChI is InChI=1S/C13H29NSi/c1-8-14(9-2)10-12(11(3)4)15-13(5,6)7/h10-11H,8-9,15H2,1-7H3. The van der Waals surface area contributed by atoms with Crippen molar-refractivity contribution in [3.63, 3.8) is 0 Å². The summed E-state index contributed by atoms with van der Waals surface area (Å²) in [5.41, 5.74) is 0. The van der Waals surface area contributed by atoms with Crippen LogP contribution in [0.1, 0.15) is 48.5 Å². The molecule has 0 unspecified atom stereocenters. The first kappa shape index (κ1) is 14.8. The first-order chi connectivity index (χ1) is 6.80. The molecule has 0 aromatic rings. The molecule has 2 heteroatoms. The second kappa shape index (κ2) is 6.36. The summed E-state index contributed by atoms with van der Waals surface area (Å²) in [6.45, 7) is 18.5. The minimum absolute atomic E-state index is 0.126. The number of nitrogens with zero attached hydrogens (tertiary/aromatic N) is 1. The van der Waals surface area contributed by atoms with Crippen LogP contribution in [0.4, 0.5) is 0 Å². The zero-order valence-corrected chi connectivity index (χ0v) is 13.1. The fourth-order valence-corrected chi connectivity index (χ4v) is 3.63. The molecule has 0 N–H and O–H groups in total. The van der Waals surface area contributed by atoms with Crippen molar-refractivity contribution in [3.05, 3.63) is 11.4 Å². The van der Waals surface area contributed by atoms with E-state index < -0.39 is 0 Å². The fraction of sp³-hybridized carbons (Fsp3) is 0.846. The second-order valence-electron chi connectivity index (χ2n) is 5.82. The van der Waals surface area contributed by atoms with Crippen molar-refractivity contribution in [2.24, 2.45) is 5.92 Å². The summed E-state index contributed by atoms with van der Waals surface area (Å²) in [5, 5.41) is 2.25. The third kappa shape index (κ3) is 6.77. The van der Waals surface area contributed by atoms with Crippen LogP contribution in [0, 0.1) is 5.92 Å². The molecule has 0 aliphatic carbocycles. The van der Waals surface area contributed by atoms with Gasteiger partial charge in [-0.1, -0.05) is 39.8 Å². The highest BCUT2D eigenvalue weighted by Gasteiger charge is 2.16. The topological polar surface area (TPSA) is 3.24 Å². The number of hydrogen-bond donors (Lipinski definition) is 0. The van der Waals surface area contributed by atoms with Crippen LogP contribution < -0.4 is 0 Å². The first-order valence-electron chi connectivity index (χ1n) is 6.24. The Labute approximate surface area is 98.8 Å². The smallest absolute Gasteiger partial charge is 0.0571 e. The van der Waals surface area contributed by atoms with Crippen molar-refractivity contribution in [2.45, 2.75) is 53.5 Å². The molecule has 0 aromatic heterocycles. The average molecular weight is 227 g/mol. The fourth-order valence-electron chi connectivity index (χ4n) is 1.65. The molecule has 90 valence electrons. The van der Waals surface area contributed by atoms with Crippen molar-refractivity contribution in [3.8, 4) is 0 Å². The van der Waals surface area contributed by atoms with E-state index in [1.807, 2.05) is 0 Å². The van der Waals surface area contributed by atoms with Gasteiger partial charge in [0.25, 0.3) is 0 Å². The molecule has 0 atom stereocenters. The minimum Gasteiger partial charge on any atom is -0.378 e. The summed E-state index contributed by atoms with van der Waals surface area (Å²) >= 11 is 0. The Morgan fingerprint density at radius 2 is 1.67 bits per heavy atom. The summed E-state index contributed by atoms with van der Waals surface area (Å²) in [6, 6.07) is 0. The maximum absolute atomic E-state index is 2.43. The summed E-state index contributed by atoms with van der Waals surface area (Å²) in [4.78, 5) is 2.42. The Bertz CT molecular complexity index is 197. The van der Waals surface area contributed by atoms with Gasteiger partial charge in [0, 0.05) is 13.1 Å². The summed E-state index contributed by atoms with van der Waals surface area (Å²) in [6.07, 6.45) is 2.43. The van der Waals surface area contributed by atoms with Crippen LogP contribution in [0.5, 0.6) is 0 Å². The molecule has 0 saturated carbocycles. The molecule has 0 aromatic carbocycles. The Hall–Kier alpha value is -0.243.